The van der Waals surface area contributed by atoms with Gasteiger partial charge in [-0.2, -0.15) is 0 Å². The van der Waals surface area contributed by atoms with Crippen molar-refractivity contribution in [2.24, 2.45) is 5.92 Å². The Hall–Kier alpha value is -3.49. The van der Waals surface area contributed by atoms with Crippen LogP contribution in [0.1, 0.15) is 27.6 Å². The summed E-state index contributed by atoms with van der Waals surface area (Å²) in [4.78, 5) is 47.5. The minimum atomic E-state index is -2.23. The maximum Gasteiger partial charge on any atom is 0.346 e. The van der Waals surface area contributed by atoms with Crippen LogP contribution in [-0.2, 0) is 23.9 Å². The van der Waals surface area contributed by atoms with E-state index in [9.17, 15) is 14.4 Å². The van der Waals surface area contributed by atoms with Crippen molar-refractivity contribution >= 4 is 39.3 Å². The Kier molecular flexibility index (Phi) is 7.05. The van der Waals surface area contributed by atoms with Crippen molar-refractivity contribution in [1.29, 1.82) is 0 Å². The summed E-state index contributed by atoms with van der Waals surface area (Å²) in [7, 11) is 2.33. The van der Waals surface area contributed by atoms with E-state index in [1.165, 1.54) is 5.06 Å². The predicted molar refractivity (Wildman–Crippen MR) is 133 cm³/mol. The first-order valence-corrected chi connectivity index (χ1v) is 11.7. The third-order valence-electron chi connectivity index (χ3n) is 6.09. The maximum absolute atomic E-state index is 14.1. The molecular formula is C27H24BrNO6. The molecule has 180 valence electrons. The van der Waals surface area contributed by atoms with Gasteiger partial charge in [-0.1, -0.05) is 76.1 Å². The van der Waals surface area contributed by atoms with Gasteiger partial charge in [0.1, 0.15) is 12.0 Å². The molecule has 0 radical (unpaired) electrons. The molecule has 1 aliphatic heterocycles. The molecule has 1 fully saturated rings. The van der Waals surface area contributed by atoms with Crippen molar-refractivity contribution in [3.05, 3.63) is 100 Å². The molecule has 0 bridgehead atoms. The van der Waals surface area contributed by atoms with Crippen molar-refractivity contribution in [3.63, 3.8) is 0 Å². The first kappa shape index (κ1) is 24.6. The Labute approximate surface area is 211 Å². The summed E-state index contributed by atoms with van der Waals surface area (Å²) in [6.07, 6.45) is -0.980. The van der Waals surface area contributed by atoms with Crippen molar-refractivity contribution in [3.8, 4) is 0 Å². The number of esters is 2. The fourth-order valence-electron chi connectivity index (χ4n) is 4.38. The number of hydrogen-bond donors (Lipinski definition) is 0. The van der Waals surface area contributed by atoms with Crippen LogP contribution in [0.4, 0.5) is 5.69 Å². The quantitative estimate of drug-likeness (QED) is 0.253. The van der Waals surface area contributed by atoms with Crippen molar-refractivity contribution in [2.45, 2.75) is 18.6 Å². The first-order chi connectivity index (χ1) is 16.8. The van der Waals surface area contributed by atoms with E-state index in [4.69, 9.17) is 14.3 Å². The van der Waals surface area contributed by atoms with E-state index in [2.05, 4.69) is 15.9 Å². The van der Waals surface area contributed by atoms with Crippen LogP contribution in [0, 0.1) is 12.8 Å². The Morgan fingerprint density at radius 1 is 0.857 bits per heavy atom. The Morgan fingerprint density at radius 3 is 1.97 bits per heavy atom. The normalized spacial score (nSPS) is 18.7. The van der Waals surface area contributed by atoms with Crippen LogP contribution in [0.3, 0.4) is 0 Å². The average Bonchev–Trinajstić information content (AvgIpc) is 3.25. The number of ether oxygens (including phenoxy) is 2. The van der Waals surface area contributed by atoms with Gasteiger partial charge >= 0.3 is 11.9 Å². The highest BCUT2D eigenvalue weighted by atomic mass is 79.9. The number of aryl methyl sites for hydroxylation is 1. The highest BCUT2D eigenvalue weighted by molar-refractivity contribution is 9.10. The molecule has 1 heterocycles. The van der Waals surface area contributed by atoms with Gasteiger partial charge in [0.2, 0.25) is 0 Å². The van der Waals surface area contributed by atoms with E-state index >= 15 is 0 Å². The van der Waals surface area contributed by atoms with Crippen LogP contribution in [0.2, 0.25) is 0 Å². The molecule has 4 rings (SSSR count). The molecule has 35 heavy (non-hydrogen) atoms. The summed E-state index contributed by atoms with van der Waals surface area (Å²) < 4.78 is 11.1. The molecule has 2 atom stereocenters. The summed E-state index contributed by atoms with van der Waals surface area (Å²) in [6.45, 7) is 1.91. The molecule has 0 saturated carbocycles. The number of halogens is 1. The topological polar surface area (TPSA) is 82.1 Å². The first-order valence-electron chi connectivity index (χ1n) is 10.9. The Balaban J connectivity index is 2.00. The van der Waals surface area contributed by atoms with Crippen LogP contribution in [0.15, 0.2) is 83.3 Å². The van der Waals surface area contributed by atoms with Gasteiger partial charge in [0.15, 0.2) is 5.78 Å². The van der Waals surface area contributed by atoms with Crippen LogP contribution in [0.25, 0.3) is 0 Å². The van der Waals surface area contributed by atoms with E-state index in [0.717, 1.165) is 24.3 Å². The number of carbonyl (C=O) groups excluding carboxylic acids is 3. The van der Waals surface area contributed by atoms with Gasteiger partial charge in [-0.3, -0.25) is 9.63 Å². The van der Waals surface area contributed by atoms with E-state index in [0.29, 0.717) is 16.8 Å². The van der Waals surface area contributed by atoms with Gasteiger partial charge in [0.05, 0.1) is 19.9 Å². The van der Waals surface area contributed by atoms with Gasteiger partial charge in [0, 0.05) is 10.0 Å². The lowest BCUT2D eigenvalue weighted by molar-refractivity contribution is -0.163. The van der Waals surface area contributed by atoms with E-state index < -0.39 is 35.3 Å². The smallest absolute Gasteiger partial charge is 0.346 e. The van der Waals surface area contributed by atoms with Gasteiger partial charge in [0.25, 0.3) is 5.54 Å². The molecule has 1 aliphatic rings. The zero-order chi connectivity index (χ0) is 25.2. The highest BCUT2D eigenvalue weighted by Crippen LogP contribution is 2.50. The number of hydroxylamine groups is 1. The third-order valence-corrected chi connectivity index (χ3v) is 6.62. The molecule has 3 aromatic carbocycles. The number of methoxy groups -OCH3 is 2. The standard InChI is InChI=1S/C27H24BrNO6/c1-17-9-15-21(16-10-17)29-27(25(31)33-2,26(32)34-3)22(23(30)18-11-13-20(28)14-12-18)24(35-29)19-7-5-4-6-8-19/h4-16,22,24H,1-3H3. The second-order valence-corrected chi connectivity index (χ2v) is 9.08. The summed E-state index contributed by atoms with van der Waals surface area (Å²) >= 11 is 3.37. The number of benzene rings is 3. The van der Waals surface area contributed by atoms with Gasteiger partial charge in [-0.15, -0.1) is 0 Å². The summed E-state index contributed by atoms with van der Waals surface area (Å²) in [5, 5.41) is 1.17. The number of rotatable bonds is 6. The summed E-state index contributed by atoms with van der Waals surface area (Å²) in [6, 6.07) is 22.7. The van der Waals surface area contributed by atoms with Crippen molar-refractivity contribution in [1.82, 2.24) is 0 Å². The number of Topliss-reactive ketones (excluding diaryl/α,β-unsaturated/α-hetero) is 1. The minimum absolute atomic E-state index is 0.311. The number of hydrogen-bond acceptors (Lipinski definition) is 7. The van der Waals surface area contributed by atoms with E-state index in [-0.39, 0.29) is 0 Å². The zero-order valence-corrected chi connectivity index (χ0v) is 21.0. The molecule has 8 heteroatoms. The minimum Gasteiger partial charge on any atom is -0.467 e. The van der Waals surface area contributed by atoms with Gasteiger partial charge in [-0.25, -0.2) is 14.7 Å². The second-order valence-electron chi connectivity index (χ2n) is 8.16. The number of carbonyl (C=O) groups is 3. The highest BCUT2D eigenvalue weighted by Gasteiger charge is 2.70. The molecule has 0 amide bonds. The third kappa shape index (κ3) is 4.24. The molecule has 2 unspecified atom stereocenters. The SMILES string of the molecule is COC(=O)C1(C(=O)OC)C(C(=O)c2ccc(Br)cc2)C(c2ccccc2)ON1c1ccc(C)cc1. The fourth-order valence-corrected chi connectivity index (χ4v) is 4.64. The molecule has 7 nitrogen and oxygen atoms in total. The lowest BCUT2D eigenvalue weighted by Crippen LogP contribution is -2.63. The molecular weight excluding hydrogens is 514 g/mol. The number of anilines is 1. The fraction of sp³-hybridized carbons (Fsp3) is 0.222. The summed E-state index contributed by atoms with van der Waals surface area (Å²) in [5.41, 5.74) is 0.0688. The van der Waals surface area contributed by atoms with E-state index in [1.807, 2.05) is 25.1 Å². The van der Waals surface area contributed by atoms with Crippen LogP contribution in [0.5, 0.6) is 0 Å². The predicted octanol–water partition coefficient (Wildman–Crippen LogP) is 4.83. The Morgan fingerprint density at radius 2 is 1.43 bits per heavy atom. The molecule has 1 saturated heterocycles. The Bertz CT molecular complexity index is 1210. The number of nitrogens with zero attached hydrogens (tertiary/aromatic N) is 1. The zero-order valence-electron chi connectivity index (χ0n) is 19.4. The van der Waals surface area contributed by atoms with Crippen molar-refractivity contribution < 1.29 is 28.7 Å². The lowest BCUT2D eigenvalue weighted by Gasteiger charge is -2.35. The molecule has 3 aromatic rings. The molecule has 0 aromatic heterocycles. The monoisotopic (exact) mass is 537 g/mol. The van der Waals surface area contributed by atoms with Crippen molar-refractivity contribution in [2.75, 3.05) is 19.3 Å². The number of ketones is 1. The van der Waals surface area contributed by atoms with Gasteiger partial charge < -0.3 is 9.47 Å². The summed E-state index contributed by atoms with van der Waals surface area (Å²) in [5.74, 6) is -3.69. The maximum atomic E-state index is 14.1. The second kappa shape index (κ2) is 10.0. The molecule has 0 aliphatic carbocycles. The largest absolute Gasteiger partial charge is 0.467 e. The molecule has 0 N–H and O–H groups in total. The van der Waals surface area contributed by atoms with Crippen LogP contribution in [-0.4, -0.2) is 37.5 Å². The van der Waals surface area contributed by atoms with Gasteiger partial charge in [-0.05, 0) is 36.8 Å². The van der Waals surface area contributed by atoms with Crippen LogP contribution >= 0.6 is 15.9 Å². The molecule has 0 spiro atoms. The lowest BCUT2D eigenvalue weighted by atomic mass is 9.74. The average molecular weight is 538 g/mol. The van der Waals surface area contributed by atoms with E-state index in [1.54, 1.807) is 60.7 Å². The van der Waals surface area contributed by atoms with Crippen LogP contribution < -0.4 is 5.06 Å².